The molecule has 0 bridgehead atoms. The van der Waals surface area contributed by atoms with Gasteiger partial charge >= 0.3 is 6.03 Å². The minimum atomic E-state index is -0.444. The number of rotatable bonds is 3. The van der Waals surface area contributed by atoms with E-state index in [1.54, 1.807) is 36.4 Å². The lowest BCUT2D eigenvalue weighted by atomic mass is 10.2. The molecule has 3 rings (SSSR count). The van der Waals surface area contributed by atoms with E-state index >= 15 is 0 Å². The number of aromatic hydroxyl groups is 2. The number of urea groups is 1. The number of nitrogens with zero attached hydrogens (tertiary/aromatic N) is 1. The first-order valence-corrected chi connectivity index (χ1v) is 7.57. The standard InChI is InChI=1S/C19H17N3O3/c20-13-6-8-16(9-7-13)22(15-4-2-1-3-5-15)19(25)21-14-10-17(23)12-18(24)11-14/h1-12,23-24H,20H2,(H,21,25). The third-order valence-electron chi connectivity index (χ3n) is 3.52. The van der Waals surface area contributed by atoms with Crippen LogP contribution in [-0.4, -0.2) is 16.2 Å². The number of carbonyl (C=O) groups excluding carboxylic acids is 1. The van der Waals surface area contributed by atoms with Crippen molar-refractivity contribution in [3.63, 3.8) is 0 Å². The summed E-state index contributed by atoms with van der Waals surface area (Å²) in [5.74, 6) is -0.289. The number of phenolic OH excluding ortho intramolecular Hbond substituents is 2. The second-order valence-electron chi connectivity index (χ2n) is 5.43. The van der Waals surface area contributed by atoms with E-state index < -0.39 is 6.03 Å². The quantitative estimate of drug-likeness (QED) is 0.543. The Balaban J connectivity index is 1.96. The maximum absolute atomic E-state index is 12.8. The van der Waals surface area contributed by atoms with Gasteiger partial charge in [-0.15, -0.1) is 0 Å². The predicted octanol–water partition coefficient (Wildman–Crippen LogP) is 4.05. The smallest absolute Gasteiger partial charge is 0.330 e. The number of amides is 2. The van der Waals surface area contributed by atoms with Gasteiger partial charge < -0.3 is 21.3 Å². The lowest BCUT2D eigenvalue weighted by Gasteiger charge is -2.23. The fraction of sp³-hybridized carbons (Fsp3) is 0. The zero-order valence-corrected chi connectivity index (χ0v) is 13.3. The summed E-state index contributed by atoms with van der Waals surface area (Å²) >= 11 is 0. The van der Waals surface area contributed by atoms with Crippen LogP contribution in [0.4, 0.5) is 27.5 Å². The maximum atomic E-state index is 12.8. The molecule has 0 aliphatic rings. The number of anilines is 4. The third-order valence-corrected chi connectivity index (χ3v) is 3.52. The van der Waals surface area contributed by atoms with E-state index in [0.717, 1.165) is 0 Å². The number of phenols is 2. The van der Waals surface area contributed by atoms with Gasteiger partial charge in [0.05, 0.1) is 11.4 Å². The van der Waals surface area contributed by atoms with Crippen molar-refractivity contribution in [1.29, 1.82) is 0 Å². The van der Waals surface area contributed by atoms with Crippen molar-refractivity contribution < 1.29 is 15.0 Å². The van der Waals surface area contributed by atoms with Gasteiger partial charge in [0.15, 0.2) is 0 Å². The summed E-state index contributed by atoms with van der Waals surface area (Å²) in [6.07, 6.45) is 0. The van der Waals surface area contributed by atoms with Crippen molar-refractivity contribution in [1.82, 2.24) is 0 Å². The lowest BCUT2D eigenvalue weighted by molar-refractivity contribution is 0.259. The maximum Gasteiger partial charge on any atom is 0.330 e. The van der Waals surface area contributed by atoms with E-state index in [4.69, 9.17) is 5.73 Å². The highest BCUT2D eigenvalue weighted by Crippen LogP contribution is 2.29. The van der Waals surface area contributed by atoms with Crippen LogP contribution in [0.5, 0.6) is 11.5 Å². The van der Waals surface area contributed by atoms with E-state index in [1.165, 1.54) is 23.1 Å². The summed E-state index contributed by atoms with van der Waals surface area (Å²) < 4.78 is 0. The van der Waals surface area contributed by atoms with Gasteiger partial charge in [0, 0.05) is 29.6 Å². The average Bonchev–Trinajstić information content (AvgIpc) is 2.57. The zero-order valence-electron chi connectivity index (χ0n) is 13.3. The molecule has 0 saturated heterocycles. The highest BCUT2D eigenvalue weighted by atomic mass is 16.3. The molecule has 0 aromatic heterocycles. The summed E-state index contributed by atoms with van der Waals surface area (Å²) in [7, 11) is 0. The van der Waals surface area contributed by atoms with Gasteiger partial charge in [0.2, 0.25) is 0 Å². The highest BCUT2D eigenvalue weighted by molar-refractivity contribution is 6.07. The van der Waals surface area contributed by atoms with Crippen molar-refractivity contribution >= 4 is 28.8 Å². The van der Waals surface area contributed by atoms with Gasteiger partial charge in [-0.25, -0.2) is 4.79 Å². The van der Waals surface area contributed by atoms with Gasteiger partial charge in [0.25, 0.3) is 0 Å². The molecule has 6 heteroatoms. The Hall–Kier alpha value is -3.67. The van der Waals surface area contributed by atoms with E-state index in [1.807, 2.05) is 18.2 Å². The Morgan fingerprint density at radius 3 is 2.00 bits per heavy atom. The first-order valence-electron chi connectivity index (χ1n) is 7.57. The molecule has 0 fully saturated rings. The first kappa shape index (κ1) is 16.2. The average molecular weight is 335 g/mol. The summed E-state index contributed by atoms with van der Waals surface area (Å²) in [6, 6.07) is 19.4. The second kappa shape index (κ2) is 6.84. The van der Waals surface area contributed by atoms with E-state index in [9.17, 15) is 15.0 Å². The minimum Gasteiger partial charge on any atom is -0.508 e. The molecular weight excluding hydrogens is 318 g/mol. The van der Waals surface area contributed by atoms with Gasteiger partial charge in [-0.1, -0.05) is 18.2 Å². The predicted molar refractivity (Wildman–Crippen MR) is 98.2 cm³/mol. The number of nitrogen functional groups attached to an aromatic ring is 1. The molecule has 3 aromatic carbocycles. The number of nitrogens with one attached hydrogen (secondary N) is 1. The molecule has 0 radical (unpaired) electrons. The molecule has 25 heavy (non-hydrogen) atoms. The number of hydrogen-bond acceptors (Lipinski definition) is 4. The van der Waals surface area contributed by atoms with Crippen LogP contribution in [0, 0.1) is 0 Å². The minimum absolute atomic E-state index is 0.144. The Kier molecular flexibility index (Phi) is 4.43. The van der Waals surface area contributed by atoms with E-state index in [0.29, 0.717) is 17.1 Å². The van der Waals surface area contributed by atoms with Gasteiger partial charge in [-0.2, -0.15) is 0 Å². The number of para-hydroxylation sites is 1. The summed E-state index contributed by atoms with van der Waals surface area (Å²) in [4.78, 5) is 14.3. The molecule has 126 valence electrons. The Bertz CT molecular complexity index is 860. The number of benzene rings is 3. The fourth-order valence-corrected chi connectivity index (χ4v) is 2.43. The number of carbonyl (C=O) groups is 1. The largest absolute Gasteiger partial charge is 0.508 e. The van der Waals surface area contributed by atoms with Crippen LogP contribution in [-0.2, 0) is 0 Å². The van der Waals surface area contributed by atoms with Crippen LogP contribution in [0.1, 0.15) is 0 Å². The summed E-state index contributed by atoms with van der Waals surface area (Å²) in [5, 5.41) is 21.8. The fourth-order valence-electron chi connectivity index (χ4n) is 2.43. The molecule has 5 N–H and O–H groups in total. The molecular formula is C19H17N3O3. The molecule has 0 saturated carbocycles. The second-order valence-corrected chi connectivity index (χ2v) is 5.43. The normalized spacial score (nSPS) is 10.2. The van der Waals surface area contributed by atoms with E-state index in [2.05, 4.69) is 5.32 Å². The van der Waals surface area contributed by atoms with Gasteiger partial charge in [-0.3, -0.25) is 4.90 Å². The van der Waals surface area contributed by atoms with Gasteiger partial charge in [-0.05, 0) is 36.4 Å². The molecule has 6 nitrogen and oxygen atoms in total. The Morgan fingerprint density at radius 1 is 0.840 bits per heavy atom. The molecule has 3 aromatic rings. The zero-order chi connectivity index (χ0) is 17.8. The Labute approximate surface area is 144 Å². The van der Waals surface area contributed by atoms with Crippen molar-refractivity contribution in [2.75, 3.05) is 16.0 Å². The monoisotopic (exact) mass is 335 g/mol. The third kappa shape index (κ3) is 3.81. The van der Waals surface area contributed by atoms with Crippen molar-refractivity contribution in [2.24, 2.45) is 0 Å². The van der Waals surface area contributed by atoms with Crippen LogP contribution < -0.4 is 16.0 Å². The first-order chi connectivity index (χ1) is 12.0. The van der Waals surface area contributed by atoms with Crippen molar-refractivity contribution in [3.05, 3.63) is 72.8 Å². The molecule has 0 unspecified atom stereocenters. The van der Waals surface area contributed by atoms with Crippen LogP contribution in [0.2, 0.25) is 0 Å². The van der Waals surface area contributed by atoms with E-state index in [-0.39, 0.29) is 17.2 Å². The SMILES string of the molecule is Nc1ccc(N(C(=O)Nc2cc(O)cc(O)c2)c2ccccc2)cc1. The molecule has 0 aliphatic carbocycles. The highest BCUT2D eigenvalue weighted by Gasteiger charge is 2.18. The molecule has 0 spiro atoms. The summed E-state index contributed by atoms with van der Waals surface area (Å²) in [5.41, 5.74) is 7.88. The molecule has 0 heterocycles. The lowest BCUT2D eigenvalue weighted by Crippen LogP contribution is -2.30. The van der Waals surface area contributed by atoms with Crippen molar-refractivity contribution in [2.45, 2.75) is 0 Å². The Morgan fingerprint density at radius 2 is 1.40 bits per heavy atom. The van der Waals surface area contributed by atoms with Crippen LogP contribution in [0.25, 0.3) is 0 Å². The van der Waals surface area contributed by atoms with Crippen LogP contribution in [0.3, 0.4) is 0 Å². The number of nitrogens with two attached hydrogens (primary N) is 1. The summed E-state index contributed by atoms with van der Waals surface area (Å²) in [6.45, 7) is 0. The topological polar surface area (TPSA) is 98.8 Å². The molecule has 0 aliphatic heterocycles. The number of hydrogen-bond donors (Lipinski definition) is 4. The van der Waals surface area contributed by atoms with Gasteiger partial charge in [0.1, 0.15) is 11.5 Å². The van der Waals surface area contributed by atoms with Crippen LogP contribution in [0.15, 0.2) is 72.8 Å². The van der Waals surface area contributed by atoms with Crippen molar-refractivity contribution in [3.8, 4) is 11.5 Å². The molecule has 2 amide bonds. The van der Waals surface area contributed by atoms with Crippen LogP contribution >= 0.6 is 0 Å². The molecule has 0 atom stereocenters.